The molecule has 0 bridgehead atoms. The normalized spacial score (nSPS) is 18.1. The fourth-order valence-electron chi connectivity index (χ4n) is 8.25. The third-order valence-corrected chi connectivity index (χ3v) is 11.4. The van der Waals surface area contributed by atoms with Crippen LogP contribution in [-0.2, 0) is 35.0 Å². The number of benzene rings is 3. The highest BCUT2D eigenvalue weighted by atomic mass is 16.5. The van der Waals surface area contributed by atoms with Crippen molar-refractivity contribution in [1.29, 1.82) is 0 Å². The number of nitrogens with zero attached hydrogens (tertiary/aromatic N) is 5. The van der Waals surface area contributed by atoms with E-state index in [0.717, 1.165) is 56.9 Å². The second-order valence-corrected chi connectivity index (χ2v) is 16.1. The molecule has 3 aliphatic rings. The summed E-state index contributed by atoms with van der Waals surface area (Å²) in [4.78, 5) is 51.5. The zero-order valence-corrected chi connectivity index (χ0v) is 33.1. The Labute approximate surface area is 328 Å². The van der Waals surface area contributed by atoms with Crippen molar-refractivity contribution in [3.63, 3.8) is 0 Å². The van der Waals surface area contributed by atoms with Gasteiger partial charge in [-0.1, -0.05) is 51.6 Å². The van der Waals surface area contributed by atoms with Crippen molar-refractivity contribution < 1.29 is 19.4 Å². The van der Waals surface area contributed by atoms with Gasteiger partial charge in [0.25, 0.3) is 11.5 Å². The summed E-state index contributed by atoms with van der Waals surface area (Å²) < 4.78 is 7.04. The molecule has 0 unspecified atom stereocenters. The van der Waals surface area contributed by atoms with E-state index in [1.807, 2.05) is 48.5 Å². The maximum Gasteiger partial charge on any atom is 0.293 e. The van der Waals surface area contributed by atoms with E-state index < -0.39 is 0 Å². The van der Waals surface area contributed by atoms with Gasteiger partial charge in [-0.05, 0) is 79.1 Å². The average molecular weight is 760 g/mol. The largest absolute Gasteiger partial charge is 0.392 e. The first-order valence-corrected chi connectivity index (χ1v) is 19.5. The van der Waals surface area contributed by atoms with Crippen molar-refractivity contribution in [2.45, 2.75) is 71.1 Å². The van der Waals surface area contributed by atoms with Crippen LogP contribution < -0.4 is 26.0 Å². The zero-order valence-electron chi connectivity index (χ0n) is 33.1. The van der Waals surface area contributed by atoms with Gasteiger partial charge in [-0.2, -0.15) is 0 Å². The van der Waals surface area contributed by atoms with Gasteiger partial charge < -0.3 is 34.8 Å². The molecule has 4 heterocycles. The van der Waals surface area contributed by atoms with Gasteiger partial charge in [0.1, 0.15) is 0 Å². The summed E-state index contributed by atoms with van der Waals surface area (Å²) in [6.45, 7) is 16.7. The summed E-state index contributed by atoms with van der Waals surface area (Å²) in [7, 11) is 1.65. The molecular weight excluding hydrogens is 707 g/mol. The summed E-state index contributed by atoms with van der Waals surface area (Å²) in [6.07, 6.45) is 5.64. The van der Waals surface area contributed by atoms with Crippen LogP contribution in [0.4, 0.5) is 28.6 Å². The third kappa shape index (κ3) is 7.86. The van der Waals surface area contributed by atoms with E-state index in [-0.39, 0.29) is 41.3 Å². The molecule has 0 radical (unpaired) electrons. The Morgan fingerprint density at radius 2 is 1.80 bits per heavy atom. The van der Waals surface area contributed by atoms with Crippen molar-refractivity contribution in [3.05, 3.63) is 106 Å². The minimum absolute atomic E-state index is 0.0309. The molecule has 0 spiro atoms. The number of nitrogens with one attached hydrogen (secondary N) is 2. The van der Waals surface area contributed by atoms with Crippen LogP contribution in [0.5, 0.6) is 0 Å². The molecule has 3 aliphatic heterocycles. The van der Waals surface area contributed by atoms with Crippen LogP contribution in [0, 0.1) is 0 Å². The highest BCUT2D eigenvalue weighted by Crippen LogP contribution is 2.37. The highest BCUT2D eigenvalue weighted by molar-refractivity contribution is 6.09. The van der Waals surface area contributed by atoms with Gasteiger partial charge in [-0.3, -0.25) is 19.3 Å². The maximum atomic E-state index is 13.9. The summed E-state index contributed by atoms with van der Waals surface area (Å²) in [6, 6.07) is 18.0. The van der Waals surface area contributed by atoms with Crippen LogP contribution in [-0.4, -0.2) is 82.8 Å². The fourth-order valence-corrected chi connectivity index (χ4v) is 8.25. The second kappa shape index (κ2) is 16.0. The second-order valence-electron chi connectivity index (χ2n) is 16.1. The van der Waals surface area contributed by atoms with Gasteiger partial charge in [0.15, 0.2) is 5.82 Å². The average Bonchev–Trinajstić information content (AvgIpc) is 3.19. The number of piperazine rings is 1. The van der Waals surface area contributed by atoms with Crippen LogP contribution in [0.15, 0.2) is 78.2 Å². The number of amides is 2. The van der Waals surface area contributed by atoms with E-state index >= 15 is 0 Å². The number of hydrogen-bond donors (Lipinski definition) is 3. The molecule has 56 heavy (non-hydrogen) atoms. The van der Waals surface area contributed by atoms with E-state index in [2.05, 4.69) is 60.8 Å². The molecule has 4 aromatic rings. The molecular formula is C44H53N7O5. The van der Waals surface area contributed by atoms with E-state index in [1.165, 1.54) is 16.2 Å². The molecule has 1 atom stereocenters. The van der Waals surface area contributed by atoms with Gasteiger partial charge in [0.05, 0.1) is 29.4 Å². The quantitative estimate of drug-likeness (QED) is 0.176. The van der Waals surface area contributed by atoms with Gasteiger partial charge >= 0.3 is 0 Å². The number of anilines is 5. The summed E-state index contributed by atoms with van der Waals surface area (Å²) >= 11 is 0. The lowest BCUT2D eigenvalue weighted by molar-refractivity contribution is -0.111. The molecule has 1 aromatic heterocycles. The molecule has 7 rings (SSSR count). The van der Waals surface area contributed by atoms with Crippen molar-refractivity contribution in [2.75, 3.05) is 59.8 Å². The van der Waals surface area contributed by atoms with E-state index in [4.69, 9.17) is 9.72 Å². The molecule has 2 amide bonds. The first kappa shape index (κ1) is 39.0. The predicted molar refractivity (Wildman–Crippen MR) is 222 cm³/mol. The first-order valence-electron chi connectivity index (χ1n) is 19.5. The highest BCUT2D eigenvalue weighted by Gasteiger charge is 2.32. The Bertz CT molecular complexity index is 2200. The Hall–Kier alpha value is -5.30. The lowest BCUT2D eigenvalue weighted by atomic mass is 9.84. The number of carbonyl (C=O) groups excluding carboxylic acids is 2. The topological polar surface area (TPSA) is 132 Å². The zero-order chi connectivity index (χ0) is 39.7. The number of hydrogen-bond acceptors (Lipinski definition) is 9. The Kier molecular flexibility index (Phi) is 11.2. The minimum atomic E-state index is -0.355. The molecule has 3 aromatic carbocycles. The van der Waals surface area contributed by atoms with Crippen molar-refractivity contribution in [2.24, 2.45) is 7.05 Å². The number of fused-ring (bicyclic) bond motifs is 1. The van der Waals surface area contributed by atoms with Gasteiger partial charge in [-0.15, -0.1) is 0 Å². The monoisotopic (exact) mass is 759 g/mol. The molecule has 2 saturated heterocycles. The number of rotatable bonds is 9. The van der Waals surface area contributed by atoms with Crippen LogP contribution in [0.2, 0.25) is 0 Å². The van der Waals surface area contributed by atoms with Crippen molar-refractivity contribution in [1.82, 2.24) is 14.5 Å². The summed E-state index contributed by atoms with van der Waals surface area (Å²) in [5.41, 5.74) is 6.72. The lowest BCUT2D eigenvalue weighted by Crippen LogP contribution is -2.56. The van der Waals surface area contributed by atoms with Crippen LogP contribution in [0.25, 0.3) is 11.3 Å². The lowest BCUT2D eigenvalue weighted by Gasteiger charge is -2.45. The third-order valence-electron chi connectivity index (χ3n) is 11.4. The van der Waals surface area contributed by atoms with E-state index in [1.54, 1.807) is 18.1 Å². The first-order chi connectivity index (χ1) is 26.9. The molecule has 0 aliphatic carbocycles. The molecule has 3 N–H and O–H groups in total. The minimum Gasteiger partial charge on any atom is -0.392 e. The molecule has 12 heteroatoms. The van der Waals surface area contributed by atoms with Crippen LogP contribution >= 0.6 is 0 Å². The number of aliphatic hydroxyl groups is 1. The van der Waals surface area contributed by atoms with E-state index in [0.29, 0.717) is 58.5 Å². The van der Waals surface area contributed by atoms with Crippen LogP contribution in [0.1, 0.15) is 67.6 Å². The van der Waals surface area contributed by atoms with Gasteiger partial charge in [-0.25, -0.2) is 4.98 Å². The maximum absolute atomic E-state index is 13.9. The SMILES string of the molecule is C=CC(=O)Nc1cc(Nc2nc(-c3cccc(N4CCc5cc(C(C)(C)C)ccc5C4=O)c3CO)cn(C)c2=O)ccc1N1CCN(C2CCOCC2)C[C@@H]1C. The summed E-state index contributed by atoms with van der Waals surface area (Å²) in [5.74, 6) is -0.383. The smallest absolute Gasteiger partial charge is 0.293 e. The van der Waals surface area contributed by atoms with Gasteiger partial charge in [0, 0.05) is 87.1 Å². The number of aromatic nitrogens is 2. The fraction of sp³-hybridized carbons (Fsp3) is 0.409. The molecule has 0 saturated carbocycles. The standard InChI is InChI=1S/C44H53N7O5/c1-7-40(53)46-36-24-31(12-14-39(36)50-20-19-49(25-28(50)2)32-16-21-56-22-17-32)45-41-43(55)48(6)26-37(47-41)34-9-8-10-38(35(34)27-52)51-18-15-29-23-30(44(3,4)5)11-13-33(29)42(51)54/h7-14,23-24,26,28,32,52H,1,15-22,25,27H2,2-6H3,(H,45,47)(H,46,53)/t28-/m0/s1. The molecule has 2 fully saturated rings. The van der Waals surface area contributed by atoms with Crippen molar-refractivity contribution in [3.8, 4) is 11.3 Å². The Morgan fingerprint density at radius 1 is 1.02 bits per heavy atom. The number of carbonyl (C=O) groups is 2. The van der Waals surface area contributed by atoms with Crippen molar-refractivity contribution >= 4 is 40.4 Å². The van der Waals surface area contributed by atoms with Crippen LogP contribution in [0.3, 0.4) is 0 Å². The Balaban J connectivity index is 1.17. The van der Waals surface area contributed by atoms with E-state index in [9.17, 15) is 19.5 Å². The number of ether oxygens (including phenoxy) is 1. The van der Waals surface area contributed by atoms with Gasteiger partial charge in [0.2, 0.25) is 5.91 Å². The molecule has 12 nitrogen and oxygen atoms in total. The summed E-state index contributed by atoms with van der Waals surface area (Å²) in [5, 5.41) is 17.0. The number of aryl methyl sites for hydroxylation is 1. The Morgan fingerprint density at radius 3 is 2.52 bits per heavy atom. The predicted octanol–water partition coefficient (Wildman–Crippen LogP) is 6.00. The number of aliphatic hydroxyl groups excluding tert-OH is 1. The molecule has 294 valence electrons.